The van der Waals surface area contributed by atoms with E-state index in [1.54, 1.807) is 6.92 Å². The smallest absolute Gasteiger partial charge is 0.231 e. The van der Waals surface area contributed by atoms with Gasteiger partial charge in [0.05, 0.1) is 0 Å². The van der Waals surface area contributed by atoms with Crippen molar-refractivity contribution in [2.24, 2.45) is 5.73 Å². The second-order valence-corrected chi connectivity index (χ2v) is 3.85. The summed E-state index contributed by atoms with van der Waals surface area (Å²) in [6, 6.07) is 1.61. The van der Waals surface area contributed by atoms with Gasteiger partial charge in [-0.3, -0.25) is 0 Å². The van der Waals surface area contributed by atoms with E-state index < -0.39 is 17.5 Å². The highest BCUT2D eigenvalue weighted by Gasteiger charge is 2.17. The van der Waals surface area contributed by atoms with E-state index in [9.17, 15) is 13.2 Å². The summed E-state index contributed by atoms with van der Waals surface area (Å²) in [6.07, 6.45) is 0. The molecule has 1 heterocycles. The molecule has 0 fully saturated rings. The van der Waals surface area contributed by atoms with E-state index in [0.29, 0.717) is 6.54 Å². The van der Waals surface area contributed by atoms with Crippen LogP contribution in [0.2, 0.25) is 0 Å². The highest BCUT2D eigenvalue weighted by molar-refractivity contribution is 5.54. The zero-order valence-corrected chi connectivity index (χ0v) is 9.45. The molecule has 0 aliphatic rings. The quantitative estimate of drug-likeness (QED) is 0.856. The Balaban J connectivity index is 2.40. The molecule has 0 spiro atoms. The summed E-state index contributed by atoms with van der Waals surface area (Å²) in [7, 11) is 0. The van der Waals surface area contributed by atoms with Gasteiger partial charge in [-0.2, -0.15) is 4.98 Å². The van der Waals surface area contributed by atoms with Gasteiger partial charge in [-0.1, -0.05) is 12.1 Å². The highest BCUT2D eigenvalue weighted by atomic mass is 19.2. The highest BCUT2D eigenvalue weighted by Crippen LogP contribution is 2.23. The number of hydrogen-bond donors (Lipinski definition) is 1. The molecule has 2 N–H and O–H groups in total. The standard InChI is InChI=1S/C11H10F3N3O/c1-5(4-15)11-16-10(17-18-11)6-2-7(12)9(14)8(13)3-6/h2-3,5H,4,15H2,1H3. The van der Waals surface area contributed by atoms with Crippen molar-refractivity contribution in [3.63, 3.8) is 0 Å². The first-order valence-electron chi connectivity index (χ1n) is 5.21. The topological polar surface area (TPSA) is 64.9 Å². The van der Waals surface area contributed by atoms with Gasteiger partial charge in [0.15, 0.2) is 17.5 Å². The van der Waals surface area contributed by atoms with Gasteiger partial charge in [0.25, 0.3) is 0 Å². The lowest BCUT2D eigenvalue weighted by atomic mass is 10.2. The number of hydrogen-bond acceptors (Lipinski definition) is 4. The van der Waals surface area contributed by atoms with Crippen LogP contribution in [0.4, 0.5) is 13.2 Å². The lowest BCUT2D eigenvalue weighted by Crippen LogP contribution is -2.08. The van der Waals surface area contributed by atoms with Crippen LogP contribution in [-0.4, -0.2) is 16.7 Å². The van der Waals surface area contributed by atoms with Crippen molar-refractivity contribution in [3.05, 3.63) is 35.5 Å². The van der Waals surface area contributed by atoms with Crippen LogP contribution < -0.4 is 5.73 Å². The van der Waals surface area contributed by atoms with E-state index in [1.807, 2.05) is 0 Å². The molecule has 1 atom stereocenters. The van der Waals surface area contributed by atoms with Crippen molar-refractivity contribution < 1.29 is 17.7 Å². The molecule has 0 amide bonds. The van der Waals surface area contributed by atoms with Crippen LogP contribution in [0, 0.1) is 17.5 Å². The van der Waals surface area contributed by atoms with Gasteiger partial charge in [0.2, 0.25) is 11.7 Å². The molecule has 7 heteroatoms. The van der Waals surface area contributed by atoms with Crippen molar-refractivity contribution in [2.75, 3.05) is 6.54 Å². The minimum atomic E-state index is -1.53. The maximum atomic E-state index is 13.0. The Morgan fingerprint density at radius 3 is 2.44 bits per heavy atom. The molecule has 0 saturated heterocycles. The zero-order valence-electron chi connectivity index (χ0n) is 9.45. The van der Waals surface area contributed by atoms with Gasteiger partial charge in [-0.15, -0.1) is 0 Å². The summed E-state index contributed by atoms with van der Waals surface area (Å²) in [4.78, 5) is 3.95. The summed E-state index contributed by atoms with van der Waals surface area (Å²) in [5, 5.41) is 3.57. The zero-order chi connectivity index (χ0) is 13.3. The Kier molecular flexibility index (Phi) is 3.33. The van der Waals surface area contributed by atoms with Crippen LogP contribution in [0.1, 0.15) is 18.7 Å². The van der Waals surface area contributed by atoms with Crippen LogP contribution in [0.3, 0.4) is 0 Å². The fourth-order valence-electron chi connectivity index (χ4n) is 1.34. The first-order valence-corrected chi connectivity index (χ1v) is 5.21. The average Bonchev–Trinajstić information content (AvgIpc) is 2.84. The van der Waals surface area contributed by atoms with E-state index >= 15 is 0 Å². The van der Waals surface area contributed by atoms with E-state index in [4.69, 9.17) is 10.3 Å². The lowest BCUT2D eigenvalue weighted by Gasteiger charge is -1.99. The third-order valence-electron chi connectivity index (χ3n) is 2.46. The van der Waals surface area contributed by atoms with Crippen LogP contribution in [0.5, 0.6) is 0 Å². The largest absolute Gasteiger partial charge is 0.339 e. The summed E-state index contributed by atoms with van der Waals surface area (Å²) in [6.45, 7) is 2.07. The van der Waals surface area contributed by atoms with Crippen LogP contribution in [0.25, 0.3) is 11.4 Å². The SMILES string of the molecule is CC(CN)c1nc(-c2cc(F)c(F)c(F)c2)no1. The number of nitrogens with zero attached hydrogens (tertiary/aromatic N) is 2. The van der Waals surface area contributed by atoms with Crippen LogP contribution >= 0.6 is 0 Å². The number of rotatable bonds is 3. The number of aromatic nitrogens is 2. The molecule has 1 aromatic carbocycles. The molecule has 0 saturated carbocycles. The van der Waals surface area contributed by atoms with E-state index in [0.717, 1.165) is 12.1 Å². The Labute approximate surface area is 101 Å². The van der Waals surface area contributed by atoms with Gasteiger partial charge in [-0.25, -0.2) is 13.2 Å². The molecule has 18 heavy (non-hydrogen) atoms. The van der Waals surface area contributed by atoms with Gasteiger partial charge in [-0.05, 0) is 12.1 Å². The first kappa shape index (κ1) is 12.6. The average molecular weight is 257 g/mol. The molecule has 4 nitrogen and oxygen atoms in total. The Hall–Kier alpha value is -1.89. The molecule has 1 unspecified atom stereocenters. The number of nitrogens with two attached hydrogens (primary N) is 1. The molecule has 96 valence electrons. The second-order valence-electron chi connectivity index (χ2n) is 3.85. The molecular formula is C11H10F3N3O. The molecule has 1 aromatic heterocycles. The third-order valence-corrected chi connectivity index (χ3v) is 2.46. The molecule has 0 bridgehead atoms. The fraction of sp³-hybridized carbons (Fsp3) is 0.273. The van der Waals surface area contributed by atoms with Crippen molar-refractivity contribution in [2.45, 2.75) is 12.8 Å². The minimum absolute atomic E-state index is 0.00521. The fourth-order valence-corrected chi connectivity index (χ4v) is 1.34. The van der Waals surface area contributed by atoms with E-state index in [-0.39, 0.29) is 23.2 Å². The van der Waals surface area contributed by atoms with Gasteiger partial charge in [0, 0.05) is 18.0 Å². The lowest BCUT2D eigenvalue weighted by molar-refractivity contribution is 0.361. The van der Waals surface area contributed by atoms with Gasteiger partial charge < -0.3 is 10.3 Å². The summed E-state index contributed by atoms with van der Waals surface area (Å²) < 4.78 is 43.8. The summed E-state index contributed by atoms with van der Waals surface area (Å²) in [5.41, 5.74) is 5.43. The monoisotopic (exact) mass is 257 g/mol. The van der Waals surface area contributed by atoms with Gasteiger partial charge in [0.1, 0.15) is 0 Å². The van der Waals surface area contributed by atoms with Crippen molar-refractivity contribution in [1.29, 1.82) is 0 Å². The Bertz CT molecular complexity index is 547. The van der Waals surface area contributed by atoms with E-state index in [2.05, 4.69) is 10.1 Å². The molecule has 0 radical (unpaired) electrons. The molecule has 2 aromatic rings. The maximum absolute atomic E-state index is 13.0. The van der Waals surface area contributed by atoms with Crippen LogP contribution in [-0.2, 0) is 0 Å². The summed E-state index contributed by atoms with van der Waals surface area (Å²) in [5.74, 6) is -4.05. The summed E-state index contributed by atoms with van der Waals surface area (Å²) >= 11 is 0. The Morgan fingerprint density at radius 2 is 1.89 bits per heavy atom. The van der Waals surface area contributed by atoms with Crippen molar-refractivity contribution in [3.8, 4) is 11.4 Å². The minimum Gasteiger partial charge on any atom is -0.339 e. The van der Waals surface area contributed by atoms with Crippen LogP contribution in [0.15, 0.2) is 16.7 Å². The van der Waals surface area contributed by atoms with Gasteiger partial charge >= 0.3 is 0 Å². The Morgan fingerprint density at radius 1 is 1.28 bits per heavy atom. The molecule has 0 aliphatic carbocycles. The predicted molar refractivity (Wildman–Crippen MR) is 57.1 cm³/mol. The molecular weight excluding hydrogens is 247 g/mol. The van der Waals surface area contributed by atoms with E-state index in [1.165, 1.54) is 0 Å². The maximum Gasteiger partial charge on any atom is 0.231 e. The normalized spacial score (nSPS) is 12.7. The number of halogens is 3. The number of benzene rings is 1. The van der Waals surface area contributed by atoms with Crippen molar-refractivity contribution in [1.82, 2.24) is 10.1 Å². The molecule has 2 rings (SSSR count). The molecule has 0 aliphatic heterocycles. The second kappa shape index (κ2) is 4.77. The first-order chi connectivity index (χ1) is 8.52. The third kappa shape index (κ3) is 2.21. The predicted octanol–water partition coefficient (Wildman–Crippen LogP) is 2.22. The van der Waals surface area contributed by atoms with Crippen molar-refractivity contribution >= 4 is 0 Å².